The molecule has 7 atom stereocenters. The molecule has 1 aromatic rings. The smallest absolute Gasteiger partial charge is 0.251 e. The minimum absolute atomic E-state index is 0.0267. The quantitative estimate of drug-likeness (QED) is 0.398. The zero-order valence-corrected chi connectivity index (χ0v) is 24.2. The summed E-state index contributed by atoms with van der Waals surface area (Å²) in [5.74, 6) is -0.964. The van der Waals surface area contributed by atoms with Crippen LogP contribution in [0, 0.1) is 17.8 Å². The van der Waals surface area contributed by atoms with Crippen LogP contribution in [0.25, 0.3) is 0 Å². The third kappa shape index (κ3) is 4.78. The largest absolute Gasteiger partial charge is 0.497 e. The van der Waals surface area contributed by atoms with Gasteiger partial charge in [0.25, 0.3) is 5.91 Å². The standard InChI is InChI=1S/C30H41N3O5S/c1-7-16-31(5)27(35)24-23-14-15-30(39-23)25(24)28(36)33(22(18-34)19(4)9-3)26(30)29(37)32(17-8-2)20-10-12-21(38-6)13-11-20/h7-8,10-13,19,22-26,34H,1-2,9,14-18H2,3-6H3/t19-,22-,23-,24+,25-,26?,30?/m0/s1. The Morgan fingerprint density at radius 2 is 1.90 bits per heavy atom. The van der Waals surface area contributed by atoms with Crippen LogP contribution in [0.5, 0.6) is 5.75 Å². The molecule has 3 amide bonds. The first kappa shape index (κ1) is 29.2. The monoisotopic (exact) mass is 555 g/mol. The summed E-state index contributed by atoms with van der Waals surface area (Å²) in [5.41, 5.74) is 0.674. The third-order valence-corrected chi connectivity index (χ3v) is 10.8. The lowest BCUT2D eigenvalue weighted by Gasteiger charge is -2.41. The Hall–Kier alpha value is -2.78. The number of anilines is 1. The maximum Gasteiger partial charge on any atom is 0.251 e. The Morgan fingerprint density at radius 3 is 2.46 bits per heavy atom. The van der Waals surface area contributed by atoms with Gasteiger partial charge in [-0.25, -0.2) is 0 Å². The fraction of sp³-hybridized carbons (Fsp3) is 0.567. The van der Waals surface area contributed by atoms with E-state index in [0.717, 1.165) is 12.8 Å². The SMILES string of the molecule is C=CCN(C)C(=O)[C@@H]1[C@@H]2CCC3(S2)C(C(=O)N(CC=C)c2ccc(OC)cc2)N([C@@H](CO)[C@@H](C)CC)C(=O)[C@H]13. The number of hydrogen-bond donors (Lipinski definition) is 1. The second-order valence-corrected chi connectivity index (χ2v) is 12.5. The topological polar surface area (TPSA) is 90.4 Å². The minimum atomic E-state index is -0.805. The fourth-order valence-electron chi connectivity index (χ4n) is 6.72. The van der Waals surface area contributed by atoms with Crippen molar-refractivity contribution in [1.29, 1.82) is 0 Å². The average molecular weight is 556 g/mol. The molecule has 0 aliphatic carbocycles. The molecule has 3 heterocycles. The van der Waals surface area contributed by atoms with E-state index >= 15 is 0 Å². The van der Waals surface area contributed by atoms with Crippen LogP contribution in [0.3, 0.4) is 0 Å². The van der Waals surface area contributed by atoms with Crippen molar-refractivity contribution >= 4 is 35.2 Å². The zero-order chi connectivity index (χ0) is 28.5. The van der Waals surface area contributed by atoms with Crippen molar-refractivity contribution in [3.63, 3.8) is 0 Å². The Balaban J connectivity index is 1.82. The number of methoxy groups -OCH3 is 1. The molecule has 3 saturated heterocycles. The number of nitrogens with zero attached hydrogens (tertiary/aromatic N) is 3. The molecule has 4 rings (SSSR count). The van der Waals surface area contributed by atoms with Gasteiger partial charge >= 0.3 is 0 Å². The molecule has 1 spiro atoms. The van der Waals surface area contributed by atoms with Crippen molar-refractivity contribution in [2.24, 2.45) is 17.8 Å². The minimum Gasteiger partial charge on any atom is -0.497 e. The highest BCUT2D eigenvalue weighted by atomic mass is 32.2. The van der Waals surface area contributed by atoms with E-state index in [1.165, 1.54) is 0 Å². The van der Waals surface area contributed by atoms with Gasteiger partial charge in [-0.3, -0.25) is 14.4 Å². The van der Waals surface area contributed by atoms with Crippen LogP contribution in [-0.4, -0.2) is 88.6 Å². The van der Waals surface area contributed by atoms with Gasteiger partial charge in [-0.2, -0.15) is 0 Å². The van der Waals surface area contributed by atoms with Crippen LogP contribution in [-0.2, 0) is 14.4 Å². The first-order valence-corrected chi connectivity index (χ1v) is 14.6. The molecule has 0 aromatic heterocycles. The summed E-state index contributed by atoms with van der Waals surface area (Å²) in [4.78, 5) is 47.7. The Kier molecular flexibility index (Phi) is 8.81. The second-order valence-electron chi connectivity index (χ2n) is 10.9. The first-order chi connectivity index (χ1) is 18.7. The van der Waals surface area contributed by atoms with Crippen molar-refractivity contribution < 1.29 is 24.2 Å². The summed E-state index contributed by atoms with van der Waals surface area (Å²) in [6.45, 7) is 12.0. The lowest BCUT2D eigenvalue weighted by molar-refractivity contribution is -0.145. The Morgan fingerprint density at radius 1 is 1.23 bits per heavy atom. The predicted molar refractivity (Wildman–Crippen MR) is 155 cm³/mol. The van der Waals surface area contributed by atoms with E-state index in [9.17, 15) is 19.5 Å². The number of fused-ring (bicyclic) bond motifs is 1. The molecule has 0 saturated carbocycles. The molecule has 1 N–H and O–H groups in total. The summed E-state index contributed by atoms with van der Waals surface area (Å²) in [6.07, 6.45) is 5.52. The number of benzene rings is 1. The van der Waals surface area contributed by atoms with Crippen molar-refractivity contribution in [3.8, 4) is 5.75 Å². The van der Waals surface area contributed by atoms with Gasteiger partial charge in [0.2, 0.25) is 11.8 Å². The number of amides is 3. The Labute approximate surface area is 236 Å². The van der Waals surface area contributed by atoms with Crippen molar-refractivity contribution in [2.45, 2.75) is 55.2 Å². The van der Waals surface area contributed by atoms with Crippen LogP contribution in [0.2, 0.25) is 0 Å². The normalized spacial score (nSPS) is 28.5. The van der Waals surface area contributed by atoms with E-state index in [1.807, 2.05) is 26.0 Å². The van der Waals surface area contributed by atoms with Gasteiger partial charge in [0.05, 0.1) is 36.3 Å². The number of ether oxygens (including phenoxy) is 1. The van der Waals surface area contributed by atoms with E-state index in [4.69, 9.17) is 4.74 Å². The summed E-state index contributed by atoms with van der Waals surface area (Å²) >= 11 is 1.64. The lowest BCUT2D eigenvalue weighted by Crippen LogP contribution is -2.58. The lowest BCUT2D eigenvalue weighted by atomic mass is 9.70. The molecular formula is C30H41N3O5S. The van der Waals surface area contributed by atoms with E-state index in [2.05, 4.69) is 13.2 Å². The van der Waals surface area contributed by atoms with Gasteiger partial charge < -0.3 is 24.5 Å². The number of thioether (sulfide) groups is 1. The molecule has 2 bridgehead atoms. The summed E-state index contributed by atoms with van der Waals surface area (Å²) < 4.78 is 4.57. The van der Waals surface area contributed by atoms with Crippen molar-refractivity contribution in [3.05, 3.63) is 49.6 Å². The number of hydrogen-bond acceptors (Lipinski definition) is 6. The molecule has 2 unspecified atom stereocenters. The first-order valence-electron chi connectivity index (χ1n) is 13.7. The molecule has 3 fully saturated rings. The second kappa shape index (κ2) is 11.8. The molecule has 8 nitrogen and oxygen atoms in total. The highest BCUT2D eigenvalue weighted by molar-refractivity contribution is 8.02. The molecule has 1 aromatic carbocycles. The molecular weight excluding hydrogens is 514 g/mol. The molecule has 3 aliphatic rings. The van der Waals surface area contributed by atoms with Crippen molar-refractivity contribution in [1.82, 2.24) is 9.80 Å². The van der Waals surface area contributed by atoms with Gasteiger partial charge in [0.1, 0.15) is 11.8 Å². The highest BCUT2D eigenvalue weighted by Gasteiger charge is 2.74. The number of carbonyl (C=O) groups excluding carboxylic acids is 3. The van der Waals surface area contributed by atoms with Gasteiger partial charge in [-0.05, 0) is 43.0 Å². The number of aliphatic hydroxyl groups is 1. The van der Waals surface area contributed by atoms with Gasteiger partial charge in [0, 0.05) is 31.1 Å². The summed E-state index contributed by atoms with van der Waals surface area (Å²) in [7, 11) is 3.32. The molecule has 3 aliphatic heterocycles. The number of rotatable bonds is 12. The van der Waals surface area contributed by atoms with E-state index in [-0.39, 0.29) is 42.0 Å². The number of likely N-dealkylation sites (tertiary alicyclic amines) is 1. The van der Waals surface area contributed by atoms with Gasteiger partial charge in [0.15, 0.2) is 0 Å². The van der Waals surface area contributed by atoms with Crippen LogP contribution in [0.15, 0.2) is 49.6 Å². The maximum absolute atomic E-state index is 14.7. The van der Waals surface area contributed by atoms with Crippen LogP contribution in [0.4, 0.5) is 5.69 Å². The van der Waals surface area contributed by atoms with E-state index < -0.39 is 28.7 Å². The molecule has 9 heteroatoms. The molecule has 39 heavy (non-hydrogen) atoms. The zero-order valence-electron chi connectivity index (χ0n) is 23.4. The van der Waals surface area contributed by atoms with E-state index in [0.29, 0.717) is 24.4 Å². The predicted octanol–water partition coefficient (Wildman–Crippen LogP) is 3.36. The molecule has 212 valence electrons. The third-order valence-electron chi connectivity index (χ3n) is 8.84. The van der Waals surface area contributed by atoms with Gasteiger partial charge in [-0.1, -0.05) is 32.4 Å². The summed E-state index contributed by atoms with van der Waals surface area (Å²) in [5, 5.41) is 10.5. The molecule has 0 radical (unpaired) electrons. The summed E-state index contributed by atoms with van der Waals surface area (Å²) in [6, 6.07) is 5.91. The van der Waals surface area contributed by atoms with Crippen molar-refractivity contribution in [2.75, 3.05) is 38.8 Å². The van der Waals surface area contributed by atoms with Gasteiger partial charge in [-0.15, -0.1) is 24.9 Å². The highest BCUT2D eigenvalue weighted by Crippen LogP contribution is 2.67. The van der Waals surface area contributed by atoms with Crippen LogP contribution in [0.1, 0.15) is 33.1 Å². The number of carbonyl (C=O) groups is 3. The average Bonchev–Trinajstić information content (AvgIpc) is 3.59. The number of likely N-dealkylation sites (N-methyl/N-ethyl adjacent to an activating group) is 1. The fourth-order valence-corrected chi connectivity index (χ4v) is 8.92. The van der Waals surface area contributed by atoms with Crippen LogP contribution < -0.4 is 9.64 Å². The maximum atomic E-state index is 14.7. The van der Waals surface area contributed by atoms with E-state index in [1.54, 1.807) is 64.9 Å². The number of aliphatic hydroxyl groups excluding tert-OH is 1. The Bertz CT molecular complexity index is 1110. The van der Waals surface area contributed by atoms with Crippen LogP contribution >= 0.6 is 11.8 Å².